The van der Waals surface area contributed by atoms with Crippen LogP contribution in [0.4, 0.5) is 0 Å². The largest absolute Gasteiger partial charge is 0.388 e. The average molecular weight is 164 g/mol. The van der Waals surface area contributed by atoms with Crippen molar-refractivity contribution in [2.24, 2.45) is 0 Å². The van der Waals surface area contributed by atoms with Crippen LogP contribution in [0.3, 0.4) is 0 Å². The minimum atomic E-state index is -0.851. The summed E-state index contributed by atoms with van der Waals surface area (Å²) in [5.41, 5.74) is 0.871. The molecule has 0 saturated carbocycles. The third-order valence-corrected chi connectivity index (χ3v) is 2.49. The van der Waals surface area contributed by atoms with E-state index in [1.807, 2.05) is 24.3 Å². The van der Waals surface area contributed by atoms with Crippen LogP contribution in [0, 0.1) is 0 Å². The third kappa shape index (κ3) is 0.958. The molecule has 2 heteroatoms. The zero-order valence-corrected chi connectivity index (χ0v) is 6.99. The van der Waals surface area contributed by atoms with Crippen LogP contribution >= 0.6 is 0 Å². The van der Waals surface area contributed by atoms with Crippen LogP contribution in [0.5, 0.6) is 0 Å². The fraction of sp³-hybridized carbons (Fsp3) is 0.400. The molecule has 0 aliphatic heterocycles. The van der Waals surface area contributed by atoms with Crippen molar-refractivity contribution in [3.8, 4) is 0 Å². The number of rotatable bonds is 0. The van der Waals surface area contributed by atoms with Crippen LogP contribution in [0.25, 0.3) is 0 Å². The lowest BCUT2D eigenvalue weighted by Crippen LogP contribution is -2.16. The Morgan fingerprint density at radius 2 is 2.08 bits per heavy atom. The van der Waals surface area contributed by atoms with Crippen LogP contribution in [0.2, 0.25) is 0 Å². The Hall–Kier alpha value is -0.860. The average Bonchev–Trinajstić information content (AvgIpc) is 2.25. The van der Waals surface area contributed by atoms with E-state index in [1.165, 1.54) is 0 Å². The molecule has 0 fully saturated rings. The monoisotopic (exact) mass is 164 g/mol. The van der Waals surface area contributed by atoms with E-state index in [0.29, 0.717) is 6.42 Å². The summed E-state index contributed by atoms with van der Waals surface area (Å²) >= 11 is 0. The van der Waals surface area contributed by atoms with E-state index in [1.54, 1.807) is 6.92 Å². The van der Waals surface area contributed by atoms with Crippen molar-refractivity contribution >= 4 is 0 Å². The molecule has 0 unspecified atom stereocenters. The van der Waals surface area contributed by atoms with Gasteiger partial charge in [0.1, 0.15) is 0 Å². The summed E-state index contributed by atoms with van der Waals surface area (Å²) in [6, 6.07) is 7.49. The van der Waals surface area contributed by atoms with E-state index in [-0.39, 0.29) is 0 Å². The van der Waals surface area contributed by atoms with Crippen LogP contribution in [-0.4, -0.2) is 10.2 Å². The summed E-state index contributed by atoms with van der Waals surface area (Å²) in [4.78, 5) is 0. The van der Waals surface area contributed by atoms with Crippen LogP contribution in [0.1, 0.15) is 30.6 Å². The Labute approximate surface area is 71.5 Å². The molecule has 0 heterocycles. The molecule has 1 aliphatic carbocycles. The Morgan fingerprint density at radius 1 is 1.42 bits per heavy atom. The second kappa shape index (κ2) is 2.31. The molecule has 12 heavy (non-hydrogen) atoms. The van der Waals surface area contributed by atoms with E-state index in [4.69, 9.17) is 0 Å². The Balaban J connectivity index is 2.58. The third-order valence-electron chi connectivity index (χ3n) is 2.49. The maximum atomic E-state index is 9.86. The predicted octanol–water partition coefficient (Wildman–Crippen LogP) is 1.33. The Bertz CT molecular complexity index is 304. The van der Waals surface area contributed by atoms with Gasteiger partial charge >= 0.3 is 0 Å². The summed E-state index contributed by atoms with van der Waals surface area (Å²) < 4.78 is 0. The van der Waals surface area contributed by atoms with Crippen molar-refractivity contribution in [2.75, 3.05) is 0 Å². The molecule has 0 spiro atoms. The van der Waals surface area contributed by atoms with Crippen LogP contribution in [-0.2, 0) is 5.60 Å². The number of aliphatic hydroxyl groups is 2. The van der Waals surface area contributed by atoms with Gasteiger partial charge in [0.05, 0.1) is 11.7 Å². The lowest BCUT2D eigenvalue weighted by molar-refractivity contribution is 0.0228. The summed E-state index contributed by atoms with van der Waals surface area (Å²) in [5.74, 6) is 0. The van der Waals surface area contributed by atoms with E-state index in [9.17, 15) is 10.2 Å². The highest BCUT2D eigenvalue weighted by Crippen LogP contribution is 2.42. The van der Waals surface area contributed by atoms with E-state index >= 15 is 0 Å². The number of aliphatic hydroxyl groups excluding tert-OH is 1. The highest BCUT2D eigenvalue weighted by atomic mass is 16.3. The first kappa shape index (κ1) is 7.77. The molecular formula is C10H12O2. The van der Waals surface area contributed by atoms with Gasteiger partial charge in [0, 0.05) is 6.42 Å². The van der Waals surface area contributed by atoms with Gasteiger partial charge < -0.3 is 10.2 Å². The maximum Gasteiger partial charge on any atom is 0.0900 e. The fourth-order valence-electron chi connectivity index (χ4n) is 1.87. The first-order valence-electron chi connectivity index (χ1n) is 4.11. The minimum Gasteiger partial charge on any atom is -0.388 e. The molecule has 2 atom stereocenters. The molecule has 64 valence electrons. The first-order valence-corrected chi connectivity index (χ1v) is 4.11. The van der Waals surface area contributed by atoms with Crippen molar-refractivity contribution in [2.45, 2.75) is 25.0 Å². The van der Waals surface area contributed by atoms with Crippen molar-refractivity contribution in [1.29, 1.82) is 0 Å². The second-order valence-corrected chi connectivity index (χ2v) is 3.58. The molecule has 0 radical (unpaired) electrons. The standard InChI is InChI=1S/C10H12O2/c1-10(12)6-9(11)7-4-2-3-5-8(7)10/h2-5,9,11-12H,6H2,1H3/t9-,10-/m0/s1. The lowest BCUT2D eigenvalue weighted by atomic mass is 9.99. The number of fused-ring (bicyclic) bond motifs is 1. The van der Waals surface area contributed by atoms with Crippen LogP contribution < -0.4 is 0 Å². The SMILES string of the molecule is C[C@]1(O)C[C@H](O)c2ccccc21. The van der Waals surface area contributed by atoms with Crippen molar-refractivity contribution < 1.29 is 10.2 Å². The number of benzene rings is 1. The highest BCUT2D eigenvalue weighted by Gasteiger charge is 2.37. The molecule has 1 aromatic carbocycles. The highest BCUT2D eigenvalue weighted by molar-refractivity contribution is 5.38. The van der Waals surface area contributed by atoms with Gasteiger partial charge in [-0.1, -0.05) is 24.3 Å². The number of hydrogen-bond acceptors (Lipinski definition) is 2. The van der Waals surface area contributed by atoms with Gasteiger partial charge in [0.15, 0.2) is 0 Å². The van der Waals surface area contributed by atoms with Gasteiger partial charge in [-0.2, -0.15) is 0 Å². The fourth-order valence-corrected chi connectivity index (χ4v) is 1.87. The van der Waals surface area contributed by atoms with Gasteiger partial charge in [0.2, 0.25) is 0 Å². The normalized spacial score (nSPS) is 33.4. The zero-order valence-electron chi connectivity index (χ0n) is 6.99. The number of hydrogen-bond donors (Lipinski definition) is 2. The summed E-state index contributed by atoms with van der Waals surface area (Å²) in [6.07, 6.45) is -0.0944. The maximum absolute atomic E-state index is 9.86. The summed E-state index contributed by atoms with van der Waals surface area (Å²) in [6.45, 7) is 1.74. The van der Waals surface area contributed by atoms with Crippen molar-refractivity contribution in [3.05, 3.63) is 35.4 Å². The van der Waals surface area contributed by atoms with Crippen LogP contribution in [0.15, 0.2) is 24.3 Å². The molecule has 1 aliphatic rings. The van der Waals surface area contributed by atoms with Gasteiger partial charge in [0.25, 0.3) is 0 Å². The lowest BCUT2D eigenvalue weighted by Gasteiger charge is -2.16. The topological polar surface area (TPSA) is 40.5 Å². The smallest absolute Gasteiger partial charge is 0.0900 e. The first-order chi connectivity index (χ1) is 5.61. The summed E-state index contributed by atoms with van der Waals surface area (Å²) in [7, 11) is 0. The Kier molecular flexibility index (Phi) is 1.50. The molecule has 2 rings (SSSR count). The zero-order chi connectivity index (χ0) is 8.77. The second-order valence-electron chi connectivity index (χ2n) is 3.58. The van der Waals surface area contributed by atoms with E-state index in [2.05, 4.69) is 0 Å². The molecule has 0 bridgehead atoms. The van der Waals surface area contributed by atoms with Gasteiger partial charge in [-0.3, -0.25) is 0 Å². The molecule has 1 aromatic rings. The molecule has 0 amide bonds. The van der Waals surface area contributed by atoms with Gasteiger partial charge in [-0.05, 0) is 18.1 Å². The summed E-state index contributed by atoms with van der Waals surface area (Å²) in [5, 5.41) is 19.4. The molecule has 2 N–H and O–H groups in total. The molecule has 2 nitrogen and oxygen atoms in total. The van der Waals surface area contributed by atoms with Crippen molar-refractivity contribution in [3.63, 3.8) is 0 Å². The van der Waals surface area contributed by atoms with E-state index in [0.717, 1.165) is 11.1 Å². The quantitative estimate of drug-likeness (QED) is 0.607. The molecule has 0 saturated heterocycles. The van der Waals surface area contributed by atoms with Crippen molar-refractivity contribution in [1.82, 2.24) is 0 Å². The van der Waals surface area contributed by atoms with E-state index < -0.39 is 11.7 Å². The molecular weight excluding hydrogens is 152 g/mol. The Morgan fingerprint density at radius 3 is 2.75 bits per heavy atom. The predicted molar refractivity (Wildman–Crippen MR) is 45.6 cm³/mol. The van der Waals surface area contributed by atoms with Gasteiger partial charge in [-0.25, -0.2) is 0 Å². The minimum absolute atomic E-state index is 0.409. The van der Waals surface area contributed by atoms with Gasteiger partial charge in [-0.15, -0.1) is 0 Å². The molecule has 0 aromatic heterocycles.